The number of Topliss-reactive ketones (excluding diaryl/α,β-unsaturated/α-hetero) is 1. The fraction of sp³-hybridized carbons (Fsp3) is 0.400. The van der Waals surface area contributed by atoms with Crippen molar-refractivity contribution in [1.29, 1.82) is 0 Å². The number of hydrogen-bond acceptors (Lipinski definition) is 5. The first-order chi connectivity index (χ1) is 14.3. The Hall–Kier alpha value is -2.95. The van der Waals surface area contributed by atoms with Gasteiger partial charge in [0.05, 0.1) is 12.5 Å². The summed E-state index contributed by atoms with van der Waals surface area (Å²) in [5.74, 6) is -4.00. The highest BCUT2D eigenvalue weighted by atomic mass is 16.6. The maximum atomic E-state index is 13.7. The van der Waals surface area contributed by atoms with E-state index in [0.29, 0.717) is 5.56 Å². The number of esters is 2. The molecule has 2 aromatic rings. The Labute approximate surface area is 177 Å². The first-order valence-corrected chi connectivity index (χ1v) is 10.4. The Morgan fingerprint density at radius 2 is 1.67 bits per heavy atom. The second-order valence-corrected chi connectivity index (χ2v) is 8.08. The summed E-state index contributed by atoms with van der Waals surface area (Å²) in [4.78, 5) is 39.1. The Bertz CT molecular complexity index is 914. The first-order valence-electron chi connectivity index (χ1n) is 10.4. The molecule has 1 aliphatic rings. The summed E-state index contributed by atoms with van der Waals surface area (Å²) < 4.78 is 10.7. The zero-order valence-electron chi connectivity index (χ0n) is 17.9. The van der Waals surface area contributed by atoms with Crippen LogP contribution in [0.25, 0.3) is 0 Å². The second kappa shape index (κ2) is 8.82. The van der Waals surface area contributed by atoms with Gasteiger partial charge in [-0.1, -0.05) is 61.5 Å². The van der Waals surface area contributed by atoms with Crippen molar-refractivity contribution in [1.82, 2.24) is 0 Å². The van der Waals surface area contributed by atoms with Gasteiger partial charge in [0.2, 0.25) is 0 Å². The van der Waals surface area contributed by atoms with E-state index >= 15 is 0 Å². The van der Waals surface area contributed by atoms with Crippen molar-refractivity contribution >= 4 is 17.7 Å². The van der Waals surface area contributed by atoms with Crippen LogP contribution >= 0.6 is 0 Å². The SMILES string of the molecule is CCOC(=O)[C@@H]1C(=O)OC(C)(C)[C@H]1[C@H](C(=O)c1ccc(CC)cc1)c1ccccc1. The van der Waals surface area contributed by atoms with E-state index in [1.165, 1.54) is 0 Å². The number of aryl methyl sites for hydroxylation is 1. The normalized spacial score (nSPS) is 21.0. The molecule has 3 rings (SSSR count). The van der Waals surface area contributed by atoms with E-state index in [2.05, 4.69) is 6.92 Å². The van der Waals surface area contributed by atoms with Crippen molar-refractivity contribution in [2.45, 2.75) is 45.6 Å². The fourth-order valence-corrected chi connectivity index (χ4v) is 4.27. The number of carbonyl (C=O) groups is 3. The molecule has 1 fully saturated rings. The lowest BCUT2D eigenvalue weighted by atomic mass is 9.69. The van der Waals surface area contributed by atoms with Crippen LogP contribution in [-0.4, -0.2) is 29.9 Å². The van der Waals surface area contributed by atoms with E-state index in [1.807, 2.05) is 42.5 Å². The average Bonchev–Trinajstić information content (AvgIpc) is 2.97. The predicted molar refractivity (Wildman–Crippen MR) is 113 cm³/mol. The summed E-state index contributed by atoms with van der Waals surface area (Å²) >= 11 is 0. The van der Waals surface area contributed by atoms with E-state index in [-0.39, 0.29) is 12.4 Å². The molecule has 30 heavy (non-hydrogen) atoms. The average molecular weight is 408 g/mol. The fourth-order valence-electron chi connectivity index (χ4n) is 4.27. The molecule has 0 unspecified atom stereocenters. The van der Waals surface area contributed by atoms with Crippen LogP contribution in [0.2, 0.25) is 0 Å². The van der Waals surface area contributed by atoms with E-state index < -0.39 is 35.3 Å². The van der Waals surface area contributed by atoms with Crippen LogP contribution in [0.4, 0.5) is 0 Å². The maximum Gasteiger partial charge on any atom is 0.321 e. The van der Waals surface area contributed by atoms with Crippen LogP contribution in [0.5, 0.6) is 0 Å². The second-order valence-electron chi connectivity index (χ2n) is 8.08. The largest absolute Gasteiger partial charge is 0.465 e. The monoisotopic (exact) mass is 408 g/mol. The smallest absolute Gasteiger partial charge is 0.321 e. The lowest BCUT2D eigenvalue weighted by Crippen LogP contribution is -2.41. The lowest BCUT2D eigenvalue weighted by molar-refractivity contribution is -0.157. The van der Waals surface area contributed by atoms with Gasteiger partial charge in [-0.2, -0.15) is 0 Å². The third kappa shape index (κ3) is 4.16. The van der Waals surface area contributed by atoms with E-state index in [1.54, 1.807) is 32.9 Å². The van der Waals surface area contributed by atoms with Crippen molar-refractivity contribution < 1.29 is 23.9 Å². The minimum absolute atomic E-state index is 0.144. The topological polar surface area (TPSA) is 69.7 Å². The third-order valence-corrected chi connectivity index (χ3v) is 5.77. The van der Waals surface area contributed by atoms with E-state index in [4.69, 9.17) is 9.47 Å². The van der Waals surface area contributed by atoms with Gasteiger partial charge in [-0.15, -0.1) is 0 Å². The molecule has 158 valence electrons. The summed E-state index contributed by atoms with van der Waals surface area (Å²) in [6.07, 6.45) is 0.875. The van der Waals surface area contributed by atoms with Crippen molar-refractivity contribution in [3.8, 4) is 0 Å². The van der Waals surface area contributed by atoms with Gasteiger partial charge < -0.3 is 9.47 Å². The van der Waals surface area contributed by atoms with Gasteiger partial charge in [0, 0.05) is 11.5 Å². The first kappa shape index (κ1) is 21.8. The molecule has 0 bridgehead atoms. The number of ether oxygens (including phenoxy) is 2. The van der Waals surface area contributed by atoms with Crippen LogP contribution in [-0.2, 0) is 25.5 Å². The maximum absolute atomic E-state index is 13.7. The number of cyclic esters (lactones) is 1. The molecule has 0 spiro atoms. The predicted octanol–water partition coefficient (Wildman–Crippen LogP) is 4.35. The number of benzene rings is 2. The molecule has 0 aliphatic carbocycles. The van der Waals surface area contributed by atoms with Crippen LogP contribution in [0.3, 0.4) is 0 Å². The van der Waals surface area contributed by atoms with Gasteiger partial charge in [0.1, 0.15) is 5.60 Å². The molecule has 1 aliphatic heterocycles. The van der Waals surface area contributed by atoms with Gasteiger partial charge in [0.15, 0.2) is 11.7 Å². The highest BCUT2D eigenvalue weighted by Crippen LogP contribution is 2.47. The van der Waals surface area contributed by atoms with Crippen LogP contribution in [0, 0.1) is 11.8 Å². The summed E-state index contributed by atoms with van der Waals surface area (Å²) in [5, 5.41) is 0. The lowest BCUT2D eigenvalue weighted by Gasteiger charge is -2.33. The van der Waals surface area contributed by atoms with Crippen molar-refractivity contribution in [2.75, 3.05) is 6.61 Å². The highest BCUT2D eigenvalue weighted by Gasteiger charge is 2.58. The zero-order valence-corrected chi connectivity index (χ0v) is 17.9. The summed E-state index contributed by atoms with van der Waals surface area (Å²) in [6.45, 7) is 7.39. The van der Waals surface area contributed by atoms with Crippen molar-refractivity contribution in [3.05, 3.63) is 71.3 Å². The molecule has 0 N–H and O–H groups in total. The minimum Gasteiger partial charge on any atom is -0.465 e. The molecule has 3 atom stereocenters. The van der Waals surface area contributed by atoms with Crippen LogP contribution in [0.15, 0.2) is 54.6 Å². The number of carbonyl (C=O) groups excluding carboxylic acids is 3. The van der Waals surface area contributed by atoms with Crippen molar-refractivity contribution in [3.63, 3.8) is 0 Å². The van der Waals surface area contributed by atoms with E-state index in [9.17, 15) is 14.4 Å². The molecule has 0 saturated carbocycles. The van der Waals surface area contributed by atoms with Gasteiger partial charge in [0.25, 0.3) is 0 Å². The molecular weight excluding hydrogens is 380 g/mol. The molecular formula is C25H28O5. The van der Waals surface area contributed by atoms with Crippen LogP contribution in [0.1, 0.15) is 55.1 Å². The van der Waals surface area contributed by atoms with E-state index in [0.717, 1.165) is 17.5 Å². The van der Waals surface area contributed by atoms with Gasteiger partial charge >= 0.3 is 11.9 Å². The van der Waals surface area contributed by atoms with Gasteiger partial charge in [-0.05, 0) is 38.3 Å². The molecule has 5 nitrogen and oxygen atoms in total. The molecule has 5 heteroatoms. The quantitative estimate of drug-likeness (QED) is 0.387. The molecule has 1 heterocycles. The minimum atomic E-state index is -1.15. The molecule has 1 saturated heterocycles. The number of ketones is 1. The molecule has 0 radical (unpaired) electrons. The number of hydrogen-bond donors (Lipinski definition) is 0. The highest BCUT2D eigenvalue weighted by molar-refractivity contribution is 6.04. The van der Waals surface area contributed by atoms with Gasteiger partial charge in [-0.25, -0.2) is 0 Å². The Balaban J connectivity index is 2.11. The zero-order chi connectivity index (χ0) is 21.9. The molecule has 0 aromatic heterocycles. The molecule has 0 amide bonds. The summed E-state index contributed by atoms with van der Waals surface area (Å²) in [5.41, 5.74) is 1.41. The third-order valence-electron chi connectivity index (χ3n) is 5.77. The van der Waals surface area contributed by atoms with Crippen LogP contribution < -0.4 is 0 Å². The standard InChI is InChI=1S/C25H28O5/c1-5-16-12-14-18(15-13-16)22(26)19(17-10-8-7-9-11-17)21-20(23(27)29-6-2)24(28)30-25(21,3)4/h7-15,19-21H,5-6H2,1-4H3/t19-,20-,21+/m1/s1. The Morgan fingerprint density at radius 1 is 1.03 bits per heavy atom. The Morgan fingerprint density at radius 3 is 2.23 bits per heavy atom. The summed E-state index contributed by atoms with van der Waals surface area (Å²) in [7, 11) is 0. The number of rotatable bonds is 7. The summed E-state index contributed by atoms with van der Waals surface area (Å²) in [6, 6.07) is 16.7. The van der Waals surface area contributed by atoms with Gasteiger partial charge in [-0.3, -0.25) is 14.4 Å². The molecule has 2 aromatic carbocycles. The Kier molecular flexibility index (Phi) is 6.40. The van der Waals surface area contributed by atoms with Crippen molar-refractivity contribution in [2.24, 2.45) is 11.8 Å².